The van der Waals surface area contributed by atoms with Crippen molar-refractivity contribution in [1.29, 1.82) is 0 Å². The summed E-state index contributed by atoms with van der Waals surface area (Å²) in [7, 11) is 1.74. The molecule has 3 nitrogen and oxygen atoms in total. The van der Waals surface area contributed by atoms with Gasteiger partial charge in [0.2, 0.25) is 0 Å². The molecule has 0 rings (SSSR count). The highest BCUT2D eigenvalue weighted by atomic mass is 32.2. The SMILES string of the molecule is COCCCNCC(C)C.CSCCCNCC(C)C. The molecule has 0 aliphatic carbocycles. The lowest BCUT2D eigenvalue weighted by Gasteiger charge is -2.05. The van der Waals surface area contributed by atoms with Crippen molar-refractivity contribution in [3.8, 4) is 0 Å². The predicted octanol–water partition coefficient (Wildman–Crippen LogP) is 3.25. The van der Waals surface area contributed by atoms with Gasteiger partial charge in [-0.2, -0.15) is 11.8 Å². The first-order valence-electron chi connectivity index (χ1n) is 7.93. The smallest absolute Gasteiger partial charge is 0.0474 e. The molecule has 0 aromatic carbocycles. The highest BCUT2D eigenvalue weighted by Crippen LogP contribution is 1.94. The summed E-state index contributed by atoms with van der Waals surface area (Å²) >= 11 is 1.92. The van der Waals surface area contributed by atoms with Crippen LogP contribution in [0.4, 0.5) is 0 Å². The van der Waals surface area contributed by atoms with Gasteiger partial charge in [0.25, 0.3) is 0 Å². The van der Waals surface area contributed by atoms with E-state index in [1.165, 1.54) is 18.7 Å². The maximum absolute atomic E-state index is 4.91. The lowest BCUT2D eigenvalue weighted by molar-refractivity contribution is 0.194. The molecule has 0 spiro atoms. The molecule has 2 N–H and O–H groups in total. The van der Waals surface area contributed by atoms with Crippen LogP contribution in [0.25, 0.3) is 0 Å². The topological polar surface area (TPSA) is 33.3 Å². The fourth-order valence-electron chi connectivity index (χ4n) is 1.46. The van der Waals surface area contributed by atoms with E-state index in [1.807, 2.05) is 11.8 Å². The van der Waals surface area contributed by atoms with Crippen molar-refractivity contribution in [2.75, 3.05) is 51.9 Å². The molecule has 0 aliphatic heterocycles. The quantitative estimate of drug-likeness (QED) is 0.542. The lowest BCUT2D eigenvalue weighted by atomic mass is 10.2. The molecule has 0 bridgehead atoms. The fraction of sp³-hybridized carbons (Fsp3) is 1.00. The summed E-state index contributed by atoms with van der Waals surface area (Å²) in [5.41, 5.74) is 0. The third-order valence-electron chi connectivity index (χ3n) is 2.51. The molecule has 0 aromatic heterocycles. The summed E-state index contributed by atoms with van der Waals surface area (Å²) in [5.74, 6) is 2.82. The lowest BCUT2D eigenvalue weighted by Crippen LogP contribution is -2.21. The van der Waals surface area contributed by atoms with E-state index in [1.54, 1.807) is 7.11 Å². The Balaban J connectivity index is 0. The van der Waals surface area contributed by atoms with E-state index in [2.05, 4.69) is 44.6 Å². The van der Waals surface area contributed by atoms with E-state index in [9.17, 15) is 0 Å². The average Bonchev–Trinajstić information content (AvgIpc) is 2.38. The Morgan fingerprint density at radius 2 is 1.40 bits per heavy atom. The number of hydrogen-bond donors (Lipinski definition) is 2. The number of rotatable bonds is 12. The van der Waals surface area contributed by atoms with Crippen LogP contribution >= 0.6 is 11.8 Å². The molecule has 0 saturated carbocycles. The molecule has 0 unspecified atom stereocenters. The van der Waals surface area contributed by atoms with E-state index in [-0.39, 0.29) is 0 Å². The number of nitrogens with one attached hydrogen (secondary N) is 2. The van der Waals surface area contributed by atoms with E-state index < -0.39 is 0 Å². The Morgan fingerprint density at radius 3 is 1.80 bits per heavy atom. The van der Waals surface area contributed by atoms with Crippen molar-refractivity contribution in [1.82, 2.24) is 10.6 Å². The molecule has 4 heteroatoms. The summed E-state index contributed by atoms with van der Waals surface area (Å²) in [4.78, 5) is 0. The van der Waals surface area contributed by atoms with Crippen LogP contribution in [0, 0.1) is 11.8 Å². The van der Waals surface area contributed by atoms with Crippen LogP contribution in [-0.2, 0) is 4.74 Å². The summed E-state index contributed by atoms with van der Waals surface area (Å²) in [6, 6.07) is 0. The van der Waals surface area contributed by atoms with Crippen molar-refractivity contribution >= 4 is 11.8 Å². The molecule has 0 aliphatic rings. The zero-order valence-electron chi connectivity index (χ0n) is 14.6. The Morgan fingerprint density at radius 1 is 0.900 bits per heavy atom. The van der Waals surface area contributed by atoms with Gasteiger partial charge in [0.15, 0.2) is 0 Å². The second kappa shape index (κ2) is 19.2. The van der Waals surface area contributed by atoms with Crippen LogP contribution < -0.4 is 10.6 Å². The first-order valence-corrected chi connectivity index (χ1v) is 9.33. The summed E-state index contributed by atoms with van der Waals surface area (Å²) < 4.78 is 4.91. The van der Waals surface area contributed by atoms with Crippen LogP contribution in [-0.4, -0.2) is 51.9 Å². The molecule has 124 valence electrons. The molecule has 0 fully saturated rings. The number of thioether (sulfide) groups is 1. The third-order valence-corrected chi connectivity index (χ3v) is 3.21. The van der Waals surface area contributed by atoms with Gasteiger partial charge in [0.1, 0.15) is 0 Å². The second-order valence-electron chi connectivity index (χ2n) is 5.89. The van der Waals surface area contributed by atoms with Crippen LogP contribution in [0.5, 0.6) is 0 Å². The van der Waals surface area contributed by atoms with Crippen LogP contribution in [0.1, 0.15) is 40.5 Å². The molecule has 0 radical (unpaired) electrons. The van der Waals surface area contributed by atoms with Crippen molar-refractivity contribution < 1.29 is 4.74 Å². The Hall–Kier alpha value is 0.230. The summed E-state index contributed by atoms with van der Waals surface area (Å²) in [6.45, 7) is 14.3. The van der Waals surface area contributed by atoms with Gasteiger partial charge in [-0.05, 0) is 62.9 Å². The predicted molar refractivity (Wildman–Crippen MR) is 94.9 cm³/mol. The van der Waals surface area contributed by atoms with Crippen molar-refractivity contribution in [2.45, 2.75) is 40.5 Å². The largest absolute Gasteiger partial charge is 0.385 e. The molecule has 0 aromatic rings. The van der Waals surface area contributed by atoms with Crippen molar-refractivity contribution in [3.63, 3.8) is 0 Å². The first-order chi connectivity index (χ1) is 9.54. The number of hydrogen-bond acceptors (Lipinski definition) is 4. The molecule has 0 amide bonds. The highest BCUT2D eigenvalue weighted by Gasteiger charge is 1.91. The van der Waals surface area contributed by atoms with Gasteiger partial charge in [-0.1, -0.05) is 27.7 Å². The summed E-state index contributed by atoms with van der Waals surface area (Å²) in [6.07, 6.45) is 4.57. The van der Waals surface area contributed by atoms with Crippen LogP contribution in [0.3, 0.4) is 0 Å². The molecule has 0 heterocycles. The minimum absolute atomic E-state index is 0.752. The Labute approximate surface area is 132 Å². The number of methoxy groups -OCH3 is 1. The molecular formula is C16H38N2OS. The minimum atomic E-state index is 0.752. The minimum Gasteiger partial charge on any atom is -0.385 e. The normalized spacial score (nSPS) is 10.8. The Kier molecular flexibility index (Phi) is 21.6. The van der Waals surface area contributed by atoms with E-state index >= 15 is 0 Å². The zero-order valence-corrected chi connectivity index (χ0v) is 15.4. The average molecular weight is 307 g/mol. The van der Waals surface area contributed by atoms with Crippen LogP contribution in [0.2, 0.25) is 0 Å². The summed E-state index contributed by atoms with van der Waals surface area (Å²) in [5, 5.41) is 6.75. The standard InChI is InChI=1S/C8H19NO.C8H19NS/c2*1-8(2)7-9-5-4-6-10-3/h2*8-9H,4-7H2,1-3H3. The number of ether oxygens (including phenoxy) is 1. The van der Waals surface area contributed by atoms with Gasteiger partial charge in [0, 0.05) is 13.7 Å². The Bertz CT molecular complexity index is 149. The van der Waals surface area contributed by atoms with E-state index in [0.29, 0.717) is 0 Å². The van der Waals surface area contributed by atoms with Gasteiger partial charge in [0.05, 0.1) is 0 Å². The molecule has 20 heavy (non-hydrogen) atoms. The van der Waals surface area contributed by atoms with Crippen molar-refractivity contribution in [3.05, 3.63) is 0 Å². The molecule has 0 saturated heterocycles. The van der Waals surface area contributed by atoms with E-state index in [0.717, 1.165) is 44.5 Å². The second-order valence-corrected chi connectivity index (χ2v) is 6.87. The monoisotopic (exact) mass is 306 g/mol. The third kappa shape index (κ3) is 26.7. The van der Waals surface area contributed by atoms with E-state index in [4.69, 9.17) is 4.74 Å². The maximum Gasteiger partial charge on any atom is 0.0474 e. The first kappa shape index (κ1) is 22.5. The fourth-order valence-corrected chi connectivity index (χ4v) is 1.90. The zero-order chi connectivity index (χ0) is 15.6. The molecule has 0 atom stereocenters. The van der Waals surface area contributed by atoms with Gasteiger partial charge in [-0.15, -0.1) is 0 Å². The molecular weight excluding hydrogens is 268 g/mol. The van der Waals surface area contributed by atoms with Gasteiger partial charge >= 0.3 is 0 Å². The highest BCUT2D eigenvalue weighted by molar-refractivity contribution is 7.98. The van der Waals surface area contributed by atoms with Crippen molar-refractivity contribution in [2.24, 2.45) is 11.8 Å². The maximum atomic E-state index is 4.91. The van der Waals surface area contributed by atoms with Gasteiger partial charge in [-0.25, -0.2) is 0 Å². The van der Waals surface area contributed by atoms with Crippen LogP contribution in [0.15, 0.2) is 0 Å². The van der Waals surface area contributed by atoms with Gasteiger partial charge < -0.3 is 15.4 Å². The van der Waals surface area contributed by atoms with Gasteiger partial charge in [-0.3, -0.25) is 0 Å².